The largest absolute Gasteiger partial charge is 0.496 e. The van der Waals surface area contributed by atoms with Crippen LogP contribution in [0.1, 0.15) is 28.6 Å². The molecule has 2 aromatic heterocycles. The highest BCUT2D eigenvalue weighted by Crippen LogP contribution is 2.42. The Morgan fingerprint density at radius 2 is 2.12 bits per heavy atom. The van der Waals surface area contributed by atoms with Crippen molar-refractivity contribution < 1.29 is 4.74 Å². The van der Waals surface area contributed by atoms with Crippen molar-refractivity contribution in [2.75, 3.05) is 7.11 Å². The lowest BCUT2D eigenvalue weighted by atomic mass is 9.89. The van der Waals surface area contributed by atoms with Gasteiger partial charge in [-0.2, -0.15) is 5.26 Å². The lowest BCUT2D eigenvalue weighted by Gasteiger charge is -2.26. The Morgan fingerprint density at radius 1 is 1.31 bits per heavy atom. The Hall–Kier alpha value is -2.88. The molecule has 6 heteroatoms. The number of methoxy groups -OCH3 is 1. The zero-order valence-corrected chi connectivity index (χ0v) is 15.6. The van der Waals surface area contributed by atoms with Gasteiger partial charge in [0.2, 0.25) is 0 Å². The smallest absolute Gasteiger partial charge is 0.125 e. The number of nitrogens with two attached hydrogens (primary N) is 1. The van der Waals surface area contributed by atoms with Crippen LogP contribution in [-0.2, 0) is 5.54 Å². The Bertz CT molecular complexity index is 1180. The molecule has 4 rings (SSSR count). The summed E-state index contributed by atoms with van der Waals surface area (Å²) in [6.45, 7) is 4.00. The molecule has 1 atom stereocenters. The van der Waals surface area contributed by atoms with Crippen LogP contribution in [0.3, 0.4) is 0 Å². The van der Waals surface area contributed by atoms with Crippen molar-refractivity contribution in [2.24, 2.45) is 5.73 Å². The maximum absolute atomic E-state index is 9.11. The first-order valence-corrected chi connectivity index (χ1v) is 9.02. The molecule has 5 nitrogen and oxygen atoms in total. The minimum Gasteiger partial charge on any atom is -0.496 e. The maximum atomic E-state index is 9.11. The van der Waals surface area contributed by atoms with Gasteiger partial charge in [-0.3, -0.25) is 0 Å². The van der Waals surface area contributed by atoms with Gasteiger partial charge in [0.1, 0.15) is 10.8 Å². The number of hydrogen-bond acceptors (Lipinski definition) is 5. The van der Waals surface area contributed by atoms with Gasteiger partial charge in [-0.25, -0.2) is 4.98 Å². The second-order valence-electron chi connectivity index (χ2n) is 6.55. The van der Waals surface area contributed by atoms with E-state index in [4.69, 9.17) is 20.7 Å². The number of hydrogen-bond donors (Lipinski definition) is 2. The molecule has 1 unspecified atom stereocenters. The van der Waals surface area contributed by atoms with E-state index in [1.54, 1.807) is 30.6 Å². The predicted octanol–water partition coefficient (Wildman–Crippen LogP) is 4.19. The highest BCUT2D eigenvalue weighted by Gasteiger charge is 2.33. The van der Waals surface area contributed by atoms with Crippen molar-refractivity contribution >= 4 is 32.5 Å². The Labute approximate surface area is 155 Å². The second-order valence-corrected chi connectivity index (χ2v) is 7.58. The van der Waals surface area contributed by atoms with E-state index >= 15 is 0 Å². The molecular formula is C20H18N4OS. The zero-order valence-electron chi connectivity index (χ0n) is 14.8. The molecule has 2 aromatic carbocycles. The fourth-order valence-corrected chi connectivity index (χ4v) is 4.41. The number of benzene rings is 2. The van der Waals surface area contributed by atoms with E-state index in [9.17, 15) is 0 Å². The monoisotopic (exact) mass is 362 g/mol. The quantitative estimate of drug-likeness (QED) is 0.572. The topological polar surface area (TPSA) is 87.7 Å². The maximum Gasteiger partial charge on any atom is 0.125 e. The molecule has 0 saturated carbocycles. The van der Waals surface area contributed by atoms with Gasteiger partial charge in [0.25, 0.3) is 0 Å². The first-order chi connectivity index (χ1) is 12.5. The number of nitriles is 1. The summed E-state index contributed by atoms with van der Waals surface area (Å²) in [5, 5.41) is 10.9. The molecule has 0 bridgehead atoms. The minimum absolute atomic E-state index is 0.592. The lowest BCUT2D eigenvalue weighted by molar-refractivity contribution is 0.400. The van der Waals surface area contributed by atoms with E-state index in [1.807, 2.05) is 38.2 Å². The van der Waals surface area contributed by atoms with Crippen LogP contribution in [0, 0.1) is 18.3 Å². The molecule has 26 heavy (non-hydrogen) atoms. The average Bonchev–Trinajstić information content (AvgIpc) is 3.27. The van der Waals surface area contributed by atoms with Crippen molar-refractivity contribution in [1.82, 2.24) is 9.97 Å². The molecule has 0 aliphatic heterocycles. The number of nitrogens with one attached hydrogen (secondary N) is 1. The van der Waals surface area contributed by atoms with Crippen LogP contribution >= 0.6 is 11.3 Å². The molecule has 0 aliphatic rings. The summed E-state index contributed by atoms with van der Waals surface area (Å²) in [4.78, 5) is 8.02. The minimum atomic E-state index is -0.837. The summed E-state index contributed by atoms with van der Waals surface area (Å²) in [6.07, 6.45) is 1.91. The number of ether oxygens (including phenoxy) is 1. The van der Waals surface area contributed by atoms with Gasteiger partial charge >= 0.3 is 0 Å². The Balaban J connectivity index is 1.97. The molecule has 130 valence electrons. The summed E-state index contributed by atoms with van der Waals surface area (Å²) in [7, 11) is 1.66. The molecular weight excluding hydrogens is 344 g/mol. The lowest BCUT2D eigenvalue weighted by Crippen LogP contribution is -2.35. The number of H-pyrrole nitrogens is 1. The predicted molar refractivity (Wildman–Crippen MR) is 105 cm³/mol. The number of thiazole rings is 1. The highest BCUT2D eigenvalue weighted by molar-refractivity contribution is 7.18. The van der Waals surface area contributed by atoms with Crippen LogP contribution in [-0.4, -0.2) is 17.1 Å². The van der Waals surface area contributed by atoms with Gasteiger partial charge in [0.15, 0.2) is 0 Å². The summed E-state index contributed by atoms with van der Waals surface area (Å²) < 4.78 is 6.67. The van der Waals surface area contributed by atoms with Gasteiger partial charge in [0, 0.05) is 22.7 Å². The number of aryl methyl sites for hydroxylation is 1. The fraction of sp³-hybridized carbons (Fsp3) is 0.200. The molecule has 0 aliphatic carbocycles. The molecule has 0 amide bonds. The van der Waals surface area contributed by atoms with Crippen molar-refractivity contribution in [1.29, 1.82) is 5.26 Å². The molecule has 0 saturated heterocycles. The molecule has 0 spiro atoms. The summed E-state index contributed by atoms with van der Waals surface area (Å²) in [5.74, 6) is 0.747. The van der Waals surface area contributed by atoms with E-state index in [0.717, 1.165) is 43.0 Å². The van der Waals surface area contributed by atoms with Crippen LogP contribution in [0.25, 0.3) is 21.1 Å². The van der Waals surface area contributed by atoms with Gasteiger partial charge in [0.05, 0.1) is 34.5 Å². The van der Waals surface area contributed by atoms with Gasteiger partial charge in [-0.1, -0.05) is 0 Å². The first-order valence-electron chi connectivity index (χ1n) is 8.21. The van der Waals surface area contributed by atoms with Crippen molar-refractivity contribution in [3.63, 3.8) is 0 Å². The Kier molecular flexibility index (Phi) is 3.72. The number of aromatic amines is 1. The Morgan fingerprint density at radius 3 is 2.85 bits per heavy atom. The van der Waals surface area contributed by atoms with Crippen LogP contribution in [0.5, 0.6) is 5.75 Å². The third-order valence-corrected chi connectivity index (χ3v) is 5.98. The number of fused-ring (bicyclic) bond motifs is 2. The third kappa shape index (κ3) is 2.37. The van der Waals surface area contributed by atoms with E-state index in [1.165, 1.54) is 0 Å². The van der Waals surface area contributed by atoms with Crippen LogP contribution in [0.4, 0.5) is 0 Å². The van der Waals surface area contributed by atoms with Gasteiger partial charge < -0.3 is 15.5 Å². The summed E-state index contributed by atoms with van der Waals surface area (Å²) in [5.41, 5.74) is 10.4. The zero-order chi connectivity index (χ0) is 18.5. The summed E-state index contributed by atoms with van der Waals surface area (Å²) in [6, 6.07) is 11.7. The molecule has 4 aromatic rings. The SMILES string of the molecule is COc1cc(C)c2[nH]ccc2c1C(C)(N)c1nc2cc(C#N)ccc2s1. The van der Waals surface area contributed by atoms with Crippen molar-refractivity contribution in [3.8, 4) is 11.8 Å². The van der Waals surface area contributed by atoms with E-state index < -0.39 is 5.54 Å². The van der Waals surface area contributed by atoms with Gasteiger partial charge in [-0.15, -0.1) is 11.3 Å². The molecule has 0 radical (unpaired) electrons. The van der Waals surface area contributed by atoms with E-state index in [-0.39, 0.29) is 0 Å². The van der Waals surface area contributed by atoms with E-state index in [2.05, 4.69) is 11.1 Å². The van der Waals surface area contributed by atoms with Crippen molar-refractivity contribution in [3.05, 3.63) is 58.2 Å². The normalized spacial score (nSPS) is 13.7. The second kappa shape index (κ2) is 5.84. The number of nitrogens with zero attached hydrogens (tertiary/aromatic N) is 2. The number of aromatic nitrogens is 2. The first kappa shape index (κ1) is 16.6. The average molecular weight is 362 g/mol. The van der Waals surface area contributed by atoms with Crippen LogP contribution in [0.2, 0.25) is 0 Å². The third-order valence-electron chi connectivity index (χ3n) is 4.70. The fourth-order valence-electron chi connectivity index (χ4n) is 3.40. The molecule has 2 heterocycles. The molecule has 0 fully saturated rings. The van der Waals surface area contributed by atoms with Crippen LogP contribution in [0.15, 0.2) is 36.5 Å². The highest BCUT2D eigenvalue weighted by atomic mass is 32.1. The van der Waals surface area contributed by atoms with Crippen molar-refractivity contribution in [2.45, 2.75) is 19.4 Å². The molecule has 3 N–H and O–H groups in total. The van der Waals surface area contributed by atoms with Gasteiger partial charge in [-0.05, 0) is 49.7 Å². The summed E-state index contributed by atoms with van der Waals surface area (Å²) >= 11 is 1.54. The number of rotatable bonds is 3. The van der Waals surface area contributed by atoms with Crippen LogP contribution < -0.4 is 10.5 Å². The standard InChI is InChI=1S/C20H18N4OS/c1-11-8-15(25-3)17(13-6-7-23-18(11)13)20(2,22)19-24-14-9-12(10-21)4-5-16(14)26-19/h4-9,23H,22H2,1-3H3. The van der Waals surface area contributed by atoms with E-state index in [0.29, 0.717) is 5.56 Å².